The second kappa shape index (κ2) is 8.82. The molecule has 0 unspecified atom stereocenters. The van der Waals surface area contributed by atoms with Crippen LogP contribution in [-0.4, -0.2) is 34.7 Å². The van der Waals surface area contributed by atoms with Gasteiger partial charge in [-0.3, -0.25) is 4.79 Å². The second-order valence-corrected chi connectivity index (χ2v) is 5.23. The van der Waals surface area contributed by atoms with Gasteiger partial charge in [0.25, 0.3) is 5.91 Å². The summed E-state index contributed by atoms with van der Waals surface area (Å²) in [5.41, 5.74) is 0.519. The largest absolute Gasteiger partial charge is 0.481 e. The monoisotopic (exact) mass is 366 g/mol. The van der Waals surface area contributed by atoms with Gasteiger partial charge in [-0.1, -0.05) is 18.2 Å². The van der Waals surface area contributed by atoms with Gasteiger partial charge in [0.05, 0.1) is 5.56 Å². The number of aromatic carboxylic acids is 1. The van der Waals surface area contributed by atoms with Crippen molar-refractivity contribution < 1.29 is 29.3 Å². The summed E-state index contributed by atoms with van der Waals surface area (Å²) in [4.78, 5) is 33.8. The van der Waals surface area contributed by atoms with Crippen molar-refractivity contribution in [3.8, 4) is 11.8 Å². The Kier molecular flexibility index (Phi) is 6.28. The van der Waals surface area contributed by atoms with Crippen molar-refractivity contribution >= 4 is 29.6 Å². The molecule has 0 aliphatic heterocycles. The predicted molar refractivity (Wildman–Crippen MR) is 95.2 cm³/mol. The molecule has 0 saturated heterocycles. The van der Waals surface area contributed by atoms with Crippen LogP contribution >= 0.6 is 0 Å². The molecule has 0 spiro atoms. The van der Waals surface area contributed by atoms with E-state index < -0.39 is 24.5 Å². The SMILES string of the molecule is N#C/C(=C\c1ccccc1OCC(=O)O)C(=O)Nc1ccc(C(=O)O)cc1. The van der Waals surface area contributed by atoms with Gasteiger partial charge in [0.15, 0.2) is 6.61 Å². The highest BCUT2D eigenvalue weighted by molar-refractivity contribution is 6.10. The number of rotatable bonds is 7. The number of carbonyl (C=O) groups excluding carboxylic acids is 1. The summed E-state index contributed by atoms with van der Waals surface area (Å²) in [6.45, 7) is -0.561. The molecule has 0 heterocycles. The minimum atomic E-state index is -1.16. The quantitative estimate of drug-likeness (QED) is 0.505. The molecule has 2 rings (SSSR count). The Hall–Kier alpha value is -4.12. The molecule has 0 radical (unpaired) electrons. The van der Waals surface area contributed by atoms with Gasteiger partial charge >= 0.3 is 11.9 Å². The Bertz CT molecular complexity index is 941. The average molecular weight is 366 g/mol. The van der Waals surface area contributed by atoms with Crippen LogP contribution in [0.15, 0.2) is 54.1 Å². The summed E-state index contributed by atoms with van der Waals surface area (Å²) < 4.78 is 5.14. The maximum Gasteiger partial charge on any atom is 0.341 e. The van der Waals surface area contributed by atoms with E-state index in [-0.39, 0.29) is 16.9 Å². The molecular weight excluding hydrogens is 352 g/mol. The molecule has 8 heteroatoms. The normalized spacial score (nSPS) is 10.6. The third kappa shape index (κ3) is 5.44. The number of carboxylic acid groups (broad SMARTS) is 2. The Balaban J connectivity index is 2.20. The number of para-hydroxylation sites is 1. The lowest BCUT2D eigenvalue weighted by atomic mass is 10.1. The molecule has 0 saturated carbocycles. The third-order valence-electron chi connectivity index (χ3n) is 3.32. The lowest BCUT2D eigenvalue weighted by Crippen LogP contribution is -2.14. The van der Waals surface area contributed by atoms with Crippen LogP contribution in [0, 0.1) is 11.3 Å². The van der Waals surface area contributed by atoms with Crippen LogP contribution in [0.1, 0.15) is 15.9 Å². The van der Waals surface area contributed by atoms with E-state index in [4.69, 9.17) is 14.9 Å². The molecule has 0 aliphatic rings. The molecule has 136 valence electrons. The molecule has 27 heavy (non-hydrogen) atoms. The first-order chi connectivity index (χ1) is 12.9. The van der Waals surface area contributed by atoms with E-state index in [0.717, 1.165) is 0 Å². The average Bonchev–Trinajstić information content (AvgIpc) is 2.65. The van der Waals surface area contributed by atoms with Gasteiger partial charge < -0.3 is 20.3 Å². The lowest BCUT2D eigenvalue weighted by Gasteiger charge is -2.08. The number of nitriles is 1. The number of carboxylic acids is 2. The molecule has 3 N–H and O–H groups in total. The number of ether oxygens (including phenoxy) is 1. The second-order valence-electron chi connectivity index (χ2n) is 5.23. The van der Waals surface area contributed by atoms with E-state index >= 15 is 0 Å². The maximum atomic E-state index is 12.3. The fraction of sp³-hybridized carbons (Fsp3) is 0.0526. The predicted octanol–water partition coefficient (Wildman–Crippen LogP) is 2.39. The standard InChI is InChI=1S/C19H14N2O6/c20-10-14(9-13-3-1-2-4-16(13)27-11-17(22)23)18(24)21-15-7-5-12(6-8-15)19(25)26/h1-9H,11H2,(H,21,24)(H,22,23)(H,25,26)/b14-9+. The summed E-state index contributed by atoms with van der Waals surface area (Å²) in [5, 5.41) is 29.3. The van der Waals surface area contributed by atoms with Crippen molar-refractivity contribution in [2.24, 2.45) is 0 Å². The van der Waals surface area contributed by atoms with E-state index in [9.17, 15) is 19.6 Å². The smallest absolute Gasteiger partial charge is 0.341 e. The first-order valence-electron chi connectivity index (χ1n) is 7.61. The number of amides is 1. The van der Waals surface area contributed by atoms with Crippen LogP contribution in [0.5, 0.6) is 5.75 Å². The molecule has 0 aromatic heterocycles. The van der Waals surface area contributed by atoms with Gasteiger partial charge in [-0.25, -0.2) is 9.59 Å². The molecular formula is C19H14N2O6. The van der Waals surface area contributed by atoms with Gasteiger partial charge in [-0.05, 0) is 36.4 Å². The molecule has 0 aliphatic carbocycles. The summed E-state index contributed by atoms with van der Waals surface area (Å²) in [5.74, 6) is -2.74. The van der Waals surface area contributed by atoms with E-state index in [2.05, 4.69) is 5.32 Å². The molecule has 2 aromatic carbocycles. The molecule has 8 nitrogen and oxygen atoms in total. The first-order valence-corrected chi connectivity index (χ1v) is 7.61. The zero-order chi connectivity index (χ0) is 19.8. The number of nitrogens with one attached hydrogen (secondary N) is 1. The number of aliphatic carboxylic acids is 1. The van der Waals surface area contributed by atoms with Crippen molar-refractivity contribution in [1.29, 1.82) is 5.26 Å². The number of carbonyl (C=O) groups is 3. The van der Waals surface area contributed by atoms with Crippen LogP contribution in [0.25, 0.3) is 6.08 Å². The zero-order valence-electron chi connectivity index (χ0n) is 13.9. The highest BCUT2D eigenvalue weighted by Gasteiger charge is 2.12. The molecule has 2 aromatic rings. The van der Waals surface area contributed by atoms with Crippen LogP contribution in [0.3, 0.4) is 0 Å². The summed E-state index contributed by atoms with van der Waals surface area (Å²) in [6, 6.07) is 13.6. The topological polar surface area (TPSA) is 137 Å². The summed E-state index contributed by atoms with van der Waals surface area (Å²) in [7, 11) is 0. The van der Waals surface area contributed by atoms with E-state index in [1.165, 1.54) is 36.4 Å². The Labute approximate surface area is 153 Å². The van der Waals surface area contributed by atoms with Crippen LogP contribution in [0.2, 0.25) is 0 Å². The van der Waals surface area contributed by atoms with E-state index in [0.29, 0.717) is 11.3 Å². The van der Waals surface area contributed by atoms with Gasteiger partial charge in [0.2, 0.25) is 0 Å². The minimum absolute atomic E-state index is 0.0635. The number of benzene rings is 2. The summed E-state index contributed by atoms with van der Waals surface area (Å²) >= 11 is 0. The van der Waals surface area contributed by atoms with Crippen LogP contribution in [-0.2, 0) is 9.59 Å². The van der Waals surface area contributed by atoms with Crippen molar-refractivity contribution in [2.45, 2.75) is 0 Å². The molecule has 0 fully saturated rings. The summed E-state index contributed by atoms with van der Waals surface area (Å²) in [6.07, 6.45) is 1.28. The van der Waals surface area contributed by atoms with Crippen molar-refractivity contribution in [3.63, 3.8) is 0 Å². The zero-order valence-corrected chi connectivity index (χ0v) is 13.9. The number of anilines is 1. The highest BCUT2D eigenvalue weighted by atomic mass is 16.5. The fourth-order valence-corrected chi connectivity index (χ4v) is 2.07. The molecule has 1 amide bonds. The third-order valence-corrected chi connectivity index (χ3v) is 3.32. The number of nitrogens with zero attached hydrogens (tertiary/aromatic N) is 1. The minimum Gasteiger partial charge on any atom is -0.481 e. The Morgan fingerprint density at radius 1 is 1.07 bits per heavy atom. The maximum absolute atomic E-state index is 12.3. The van der Waals surface area contributed by atoms with E-state index in [1.54, 1.807) is 24.3 Å². The van der Waals surface area contributed by atoms with Crippen molar-refractivity contribution in [2.75, 3.05) is 11.9 Å². The Morgan fingerprint density at radius 2 is 1.74 bits per heavy atom. The highest BCUT2D eigenvalue weighted by Crippen LogP contribution is 2.21. The van der Waals surface area contributed by atoms with Crippen molar-refractivity contribution in [3.05, 3.63) is 65.2 Å². The fourth-order valence-electron chi connectivity index (χ4n) is 2.07. The van der Waals surface area contributed by atoms with Gasteiger partial charge in [0.1, 0.15) is 17.4 Å². The van der Waals surface area contributed by atoms with Gasteiger partial charge in [0, 0.05) is 11.3 Å². The van der Waals surface area contributed by atoms with Gasteiger partial charge in [-0.15, -0.1) is 0 Å². The van der Waals surface area contributed by atoms with Crippen molar-refractivity contribution in [1.82, 2.24) is 0 Å². The van der Waals surface area contributed by atoms with E-state index in [1.807, 2.05) is 0 Å². The lowest BCUT2D eigenvalue weighted by molar-refractivity contribution is -0.139. The number of hydrogen-bond donors (Lipinski definition) is 3. The van der Waals surface area contributed by atoms with Gasteiger partial charge in [-0.2, -0.15) is 5.26 Å². The van der Waals surface area contributed by atoms with Crippen LogP contribution in [0.4, 0.5) is 5.69 Å². The first kappa shape index (κ1) is 19.2. The molecule has 0 bridgehead atoms. The number of hydrogen-bond acceptors (Lipinski definition) is 5. The molecule has 0 atom stereocenters. The van der Waals surface area contributed by atoms with Crippen LogP contribution < -0.4 is 10.1 Å². The Morgan fingerprint density at radius 3 is 2.33 bits per heavy atom.